The molecule has 1 saturated heterocycles. The van der Waals surface area contributed by atoms with Crippen LogP contribution < -0.4 is 20.7 Å². The largest absolute Gasteiger partial charge is 0.471 e. The van der Waals surface area contributed by atoms with E-state index in [1.54, 1.807) is 24.5 Å². The number of fused-ring (bicyclic) bond motifs is 2. The van der Waals surface area contributed by atoms with E-state index in [2.05, 4.69) is 25.9 Å². The molecule has 1 aliphatic carbocycles. The SMILES string of the molecule is Cc1c(-c2cc3cc(NC(=O)OC4CC5(CCNCC5)C4)ncc3cc2F)cnc2c1NCC(C)O2. The quantitative estimate of drug-likeness (QED) is 0.473. The van der Waals surface area contributed by atoms with Crippen LogP contribution in [0.5, 0.6) is 5.88 Å². The van der Waals surface area contributed by atoms with Crippen LogP contribution in [0.15, 0.2) is 30.6 Å². The number of benzene rings is 1. The third-order valence-corrected chi connectivity index (χ3v) is 7.77. The maximum absolute atomic E-state index is 15.1. The molecule has 1 unspecified atom stereocenters. The summed E-state index contributed by atoms with van der Waals surface area (Å²) >= 11 is 0. The first-order valence-corrected chi connectivity index (χ1v) is 12.6. The van der Waals surface area contributed by atoms with Crippen LogP contribution in [-0.2, 0) is 4.74 Å². The first kappa shape index (κ1) is 23.0. The number of piperidine rings is 1. The van der Waals surface area contributed by atoms with Crippen LogP contribution in [0, 0.1) is 18.2 Å². The molecule has 2 aromatic heterocycles. The number of nitrogens with zero attached hydrogens (tertiary/aromatic N) is 2. The molecule has 1 atom stereocenters. The summed E-state index contributed by atoms with van der Waals surface area (Å²) < 4.78 is 26.5. The molecule has 1 amide bonds. The molecule has 3 aliphatic rings. The molecule has 2 aliphatic heterocycles. The predicted octanol–water partition coefficient (Wildman–Crippen LogP) is 5.02. The van der Waals surface area contributed by atoms with Gasteiger partial charge in [-0.05, 0) is 87.2 Å². The number of rotatable bonds is 3. The molecule has 6 rings (SSSR count). The number of amides is 1. The van der Waals surface area contributed by atoms with Gasteiger partial charge in [-0.3, -0.25) is 5.32 Å². The molecule has 0 radical (unpaired) electrons. The molecule has 3 N–H and O–H groups in total. The number of carbonyl (C=O) groups is 1. The molecule has 9 heteroatoms. The number of ether oxygens (including phenoxy) is 2. The number of pyridine rings is 2. The molecular weight excluding hydrogens is 461 g/mol. The molecule has 188 valence electrons. The number of halogens is 1. The minimum Gasteiger partial charge on any atom is -0.471 e. The first-order valence-electron chi connectivity index (χ1n) is 12.6. The fraction of sp³-hybridized carbons (Fsp3) is 0.444. The molecule has 1 spiro atoms. The molecule has 4 heterocycles. The second kappa shape index (κ2) is 8.89. The number of anilines is 2. The Morgan fingerprint density at radius 1 is 1.14 bits per heavy atom. The summed E-state index contributed by atoms with van der Waals surface area (Å²) in [5.41, 5.74) is 3.10. The maximum atomic E-state index is 15.1. The van der Waals surface area contributed by atoms with Gasteiger partial charge in [0, 0.05) is 28.9 Å². The van der Waals surface area contributed by atoms with Crippen molar-refractivity contribution in [3.05, 3.63) is 42.0 Å². The van der Waals surface area contributed by atoms with Crippen LogP contribution in [0.1, 0.15) is 38.2 Å². The monoisotopic (exact) mass is 491 g/mol. The number of aromatic nitrogens is 2. The first-order chi connectivity index (χ1) is 17.4. The lowest BCUT2D eigenvalue weighted by atomic mass is 9.62. The lowest BCUT2D eigenvalue weighted by Gasteiger charge is -2.49. The van der Waals surface area contributed by atoms with Crippen molar-refractivity contribution in [1.29, 1.82) is 0 Å². The Hall–Kier alpha value is -3.46. The fourth-order valence-corrected chi connectivity index (χ4v) is 5.71. The highest BCUT2D eigenvalue weighted by atomic mass is 19.1. The van der Waals surface area contributed by atoms with Crippen molar-refractivity contribution in [2.75, 3.05) is 30.3 Å². The highest BCUT2D eigenvalue weighted by Gasteiger charge is 2.46. The van der Waals surface area contributed by atoms with Gasteiger partial charge in [-0.15, -0.1) is 0 Å². The number of hydrogen-bond acceptors (Lipinski definition) is 7. The van der Waals surface area contributed by atoms with Crippen molar-refractivity contribution in [3.63, 3.8) is 0 Å². The minimum atomic E-state index is -0.506. The lowest BCUT2D eigenvalue weighted by Crippen LogP contribution is -2.49. The highest BCUT2D eigenvalue weighted by molar-refractivity contribution is 5.92. The van der Waals surface area contributed by atoms with Gasteiger partial charge in [0.2, 0.25) is 5.88 Å². The van der Waals surface area contributed by atoms with Gasteiger partial charge >= 0.3 is 6.09 Å². The summed E-state index contributed by atoms with van der Waals surface area (Å²) in [4.78, 5) is 21.2. The van der Waals surface area contributed by atoms with E-state index in [9.17, 15) is 4.79 Å². The van der Waals surface area contributed by atoms with Crippen molar-refractivity contribution in [2.24, 2.45) is 5.41 Å². The Labute approximate surface area is 209 Å². The molecule has 1 aromatic carbocycles. The van der Waals surface area contributed by atoms with E-state index in [-0.39, 0.29) is 18.0 Å². The van der Waals surface area contributed by atoms with E-state index in [1.807, 2.05) is 13.8 Å². The zero-order chi connectivity index (χ0) is 24.9. The maximum Gasteiger partial charge on any atom is 0.413 e. The van der Waals surface area contributed by atoms with Gasteiger partial charge in [0.1, 0.15) is 29.5 Å². The molecular formula is C27H30FN5O3. The zero-order valence-electron chi connectivity index (χ0n) is 20.5. The van der Waals surface area contributed by atoms with E-state index in [4.69, 9.17) is 9.47 Å². The average molecular weight is 492 g/mol. The van der Waals surface area contributed by atoms with Crippen LogP contribution in [0.2, 0.25) is 0 Å². The van der Waals surface area contributed by atoms with Gasteiger partial charge in [-0.1, -0.05) is 0 Å². The lowest BCUT2D eigenvalue weighted by molar-refractivity contribution is -0.0539. The van der Waals surface area contributed by atoms with Crippen molar-refractivity contribution in [2.45, 2.75) is 51.7 Å². The van der Waals surface area contributed by atoms with Crippen molar-refractivity contribution in [3.8, 4) is 17.0 Å². The number of hydrogen-bond donors (Lipinski definition) is 3. The number of nitrogens with one attached hydrogen (secondary N) is 3. The average Bonchev–Trinajstić information content (AvgIpc) is 2.84. The molecule has 8 nitrogen and oxygen atoms in total. The number of carbonyl (C=O) groups excluding carboxylic acids is 1. The second-order valence-corrected chi connectivity index (χ2v) is 10.3. The van der Waals surface area contributed by atoms with E-state index < -0.39 is 6.09 Å². The van der Waals surface area contributed by atoms with Gasteiger partial charge in [0.05, 0.1) is 6.54 Å². The standard InChI is InChI=1S/C27H30FN5O3/c1-15-12-31-24-16(2)21(14-32-25(24)35-15)20-7-17-9-23(30-13-18(17)8-22(20)28)33-26(34)36-19-10-27(11-19)3-5-29-6-4-27/h7-9,13-15,19,29,31H,3-6,10-12H2,1-2H3,(H,30,33,34). The fourth-order valence-electron chi connectivity index (χ4n) is 5.71. The molecule has 2 fully saturated rings. The Kier molecular flexibility index (Phi) is 5.67. The van der Waals surface area contributed by atoms with E-state index in [0.29, 0.717) is 40.2 Å². The van der Waals surface area contributed by atoms with Gasteiger partial charge in [0.15, 0.2) is 0 Å². The van der Waals surface area contributed by atoms with Crippen LogP contribution in [-0.4, -0.2) is 47.9 Å². The Bertz CT molecular complexity index is 1330. The van der Waals surface area contributed by atoms with Gasteiger partial charge in [0.25, 0.3) is 0 Å². The van der Waals surface area contributed by atoms with Crippen LogP contribution in [0.3, 0.4) is 0 Å². The van der Waals surface area contributed by atoms with E-state index >= 15 is 4.39 Å². The molecule has 0 bridgehead atoms. The van der Waals surface area contributed by atoms with E-state index in [1.165, 1.54) is 6.07 Å². The van der Waals surface area contributed by atoms with Gasteiger partial charge in [-0.2, -0.15) is 0 Å². The third kappa shape index (κ3) is 4.21. The topological polar surface area (TPSA) is 97.4 Å². The smallest absolute Gasteiger partial charge is 0.413 e. The minimum absolute atomic E-state index is 0.0210. The zero-order valence-corrected chi connectivity index (χ0v) is 20.5. The summed E-state index contributed by atoms with van der Waals surface area (Å²) in [6, 6.07) is 4.95. The summed E-state index contributed by atoms with van der Waals surface area (Å²) in [7, 11) is 0. The van der Waals surface area contributed by atoms with Crippen molar-refractivity contribution >= 4 is 28.4 Å². The van der Waals surface area contributed by atoms with Crippen molar-refractivity contribution in [1.82, 2.24) is 15.3 Å². The van der Waals surface area contributed by atoms with Gasteiger partial charge in [-0.25, -0.2) is 19.2 Å². The summed E-state index contributed by atoms with van der Waals surface area (Å²) in [5.74, 6) is 0.532. The Balaban J connectivity index is 1.20. The van der Waals surface area contributed by atoms with Crippen molar-refractivity contribution < 1.29 is 18.7 Å². The Morgan fingerprint density at radius 3 is 2.75 bits per heavy atom. The summed E-state index contributed by atoms with van der Waals surface area (Å²) in [6.07, 6.45) is 6.78. The third-order valence-electron chi connectivity index (χ3n) is 7.77. The van der Waals surface area contributed by atoms with Crippen LogP contribution in [0.25, 0.3) is 21.9 Å². The van der Waals surface area contributed by atoms with Crippen LogP contribution in [0.4, 0.5) is 20.7 Å². The summed E-state index contributed by atoms with van der Waals surface area (Å²) in [6.45, 7) is 6.63. The molecule has 1 saturated carbocycles. The van der Waals surface area contributed by atoms with E-state index in [0.717, 1.165) is 55.4 Å². The second-order valence-electron chi connectivity index (χ2n) is 10.3. The van der Waals surface area contributed by atoms with Crippen LogP contribution >= 0.6 is 0 Å². The normalized spacial score (nSPS) is 20.7. The highest BCUT2D eigenvalue weighted by Crippen LogP contribution is 2.49. The Morgan fingerprint density at radius 2 is 1.94 bits per heavy atom. The predicted molar refractivity (Wildman–Crippen MR) is 136 cm³/mol. The van der Waals surface area contributed by atoms with Gasteiger partial charge < -0.3 is 20.1 Å². The molecule has 3 aromatic rings. The summed E-state index contributed by atoms with van der Waals surface area (Å²) in [5, 5.41) is 10.9. The molecule has 36 heavy (non-hydrogen) atoms.